The molecule has 2 saturated heterocycles. The zero-order chi connectivity index (χ0) is 13.9. The standard InChI is InChI=1S/C16H22N2O2/c17-13(8-6-11-4-2-1-3-5-11)16(19)18-14-10-12-7-9-15(14)20-12/h1-5,12-15H,6-10,17H2,(H,18,19)/t12?,13-,14?,15?/m0/s1. The molecule has 4 heteroatoms. The van der Waals surface area contributed by atoms with Gasteiger partial charge in [-0.1, -0.05) is 30.3 Å². The van der Waals surface area contributed by atoms with Crippen molar-refractivity contribution in [1.29, 1.82) is 0 Å². The molecule has 1 aromatic carbocycles. The zero-order valence-corrected chi connectivity index (χ0v) is 11.6. The monoisotopic (exact) mass is 274 g/mol. The third kappa shape index (κ3) is 3.02. The summed E-state index contributed by atoms with van der Waals surface area (Å²) in [5.74, 6) is -0.0397. The second-order valence-electron chi connectivity index (χ2n) is 5.86. The Kier molecular flexibility index (Phi) is 4.03. The van der Waals surface area contributed by atoms with E-state index < -0.39 is 6.04 Å². The van der Waals surface area contributed by atoms with Gasteiger partial charge in [-0.25, -0.2) is 0 Å². The van der Waals surface area contributed by atoms with Crippen LogP contribution >= 0.6 is 0 Å². The van der Waals surface area contributed by atoms with Crippen molar-refractivity contribution in [3.8, 4) is 0 Å². The molecule has 3 rings (SSSR count). The topological polar surface area (TPSA) is 64.4 Å². The summed E-state index contributed by atoms with van der Waals surface area (Å²) in [5, 5.41) is 3.06. The van der Waals surface area contributed by atoms with E-state index in [9.17, 15) is 4.79 Å². The van der Waals surface area contributed by atoms with Gasteiger partial charge in [0.25, 0.3) is 0 Å². The van der Waals surface area contributed by atoms with Gasteiger partial charge in [0.15, 0.2) is 0 Å². The maximum absolute atomic E-state index is 12.1. The minimum absolute atomic E-state index is 0.0397. The molecule has 1 amide bonds. The van der Waals surface area contributed by atoms with Crippen LogP contribution in [0.25, 0.3) is 0 Å². The van der Waals surface area contributed by atoms with Crippen LogP contribution in [0.2, 0.25) is 0 Å². The van der Waals surface area contributed by atoms with E-state index in [0.29, 0.717) is 12.5 Å². The van der Waals surface area contributed by atoms with E-state index in [1.54, 1.807) is 0 Å². The Balaban J connectivity index is 1.45. The van der Waals surface area contributed by atoms with Crippen molar-refractivity contribution < 1.29 is 9.53 Å². The van der Waals surface area contributed by atoms with Crippen LogP contribution in [0.5, 0.6) is 0 Å². The number of carbonyl (C=O) groups is 1. The Hall–Kier alpha value is -1.39. The van der Waals surface area contributed by atoms with E-state index >= 15 is 0 Å². The van der Waals surface area contributed by atoms with Crippen LogP contribution in [-0.2, 0) is 16.0 Å². The summed E-state index contributed by atoms with van der Waals surface area (Å²) in [6.07, 6.45) is 5.23. The zero-order valence-electron chi connectivity index (χ0n) is 11.6. The largest absolute Gasteiger partial charge is 0.373 e. The number of nitrogens with two attached hydrogens (primary N) is 1. The van der Waals surface area contributed by atoms with Crippen LogP contribution in [0.3, 0.4) is 0 Å². The number of hydrogen-bond acceptors (Lipinski definition) is 3. The molecule has 2 heterocycles. The average molecular weight is 274 g/mol. The van der Waals surface area contributed by atoms with Crippen molar-refractivity contribution in [2.75, 3.05) is 0 Å². The lowest BCUT2D eigenvalue weighted by Crippen LogP contribution is -2.48. The lowest BCUT2D eigenvalue weighted by atomic mass is 9.95. The van der Waals surface area contributed by atoms with Gasteiger partial charge in [-0.15, -0.1) is 0 Å². The Morgan fingerprint density at radius 3 is 2.80 bits per heavy atom. The molecule has 4 nitrogen and oxygen atoms in total. The molecule has 0 radical (unpaired) electrons. The third-order valence-electron chi connectivity index (χ3n) is 4.36. The van der Waals surface area contributed by atoms with E-state index in [2.05, 4.69) is 17.4 Å². The number of aryl methyl sites for hydroxylation is 1. The Morgan fingerprint density at radius 2 is 2.15 bits per heavy atom. The lowest BCUT2D eigenvalue weighted by Gasteiger charge is -2.22. The van der Waals surface area contributed by atoms with Crippen LogP contribution in [0.15, 0.2) is 30.3 Å². The molecule has 2 fully saturated rings. The van der Waals surface area contributed by atoms with Gasteiger partial charge >= 0.3 is 0 Å². The number of nitrogens with one attached hydrogen (secondary N) is 1. The van der Waals surface area contributed by atoms with Crippen molar-refractivity contribution in [3.63, 3.8) is 0 Å². The molecule has 2 aliphatic rings. The van der Waals surface area contributed by atoms with E-state index in [1.165, 1.54) is 5.56 Å². The molecule has 0 aromatic heterocycles. The summed E-state index contributed by atoms with van der Waals surface area (Å²) in [6.45, 7) is 0. The molecule has 2 bridgehead atoms. The van der Waals surface area contributed by atoms with Crippen LogP contribution in [0, 0.1) is 0 Å². The quantitative estimate of drug-likeness (QED) is 0.852. The molecular weight excluding hydrogens is 252 g/mol. The SMILES string of the molecule is N[C@@H](CCc1ccccc1)C(=O)NC1CC2CCC1O2. The predicted octanol–water partition coefficient (Wildman–Crippen LogP) is 1.38. The molecular formula is C16H22N2O2. The van der Waals surface area contributed by atoms with Gasteiger partial charge in [-0.3, -0.25) is 4.79 Å². The summed E-state index contributed by atoms with van der Waals surface area (Å²) in [4.78, 5) is 12.1. The van der Waals surface area contributed by atoms with Crippen molar-refractivity contribution in [2.45, 2.75) is 56.4 Å². The minimum atomic E-state index is -0.436. The van der Waals surface area contributed by atoms with Crippen LogP contribution < -0.4 is 11.1 Å². The van der Waals surface area contributed by atoms with Crippen molar-refractivity contribution in [2.24, 2.45) is 5.73 Å². The molecule has 20 heavy (non-hydrogen) atoms. The summed E-state index contributed by atoms with van der Waals surface area (Å²) >= 11 is 0. The molecule has 4 atom stereocenters. The number of ether oxygens (including phenoxy) is 1. The number of carbonyl (C=O) groups excluding carboxylic acids is 1. The molecule has 3 N–H and O–H groups in total. The number of benzene rings is 1. The highest BCUT2D eigenvalue weighted by atomic mass is 16.5. The van der Waals surface area contributed by atoms with E-state index in [1.807, 2.05) is 18.2 Å². The minimum Gasteiger partial charge on any atom is -0.373 e. The smallest absolute Gasteiger partial charge is 0.237 e. The summed E-state index contributed by atoms with van der Waals surface area (Å²) in [5.41, 5.74) is 7.21. The fourth-order valence-corrected chi connectivity index (χ4v) is 3.18. The second kappa shape index (κ2) is 5.94. The normalized spacial score (nSPS) is 29.4. The van der Waals surface area contributed by atoms with Gasteiger partial charge in [-0.2, -0.15) is 0 Å². The van der Waals surface area contributed by atoms with Crippen LogP contribution in [0.1, 0.15) is 31.2 Å². The van der Waals surface area contributed by atoms with Gasteiger partial charge in [0.05, 0.1) is 24.3 Å². The first-order valence-electron chi connectivity index (χ1n) is 7.48. The Labute approximate surface area is 119 Å². The maximum Gasteiger partial charge on any atom is 0.237 e. The number of amides is 1. The predicted molar refractivity (Wildman–Crippen MR) is 77.2 cm³/mol. The fraction of sp³-hybridized carbons (Fsp3) is 0.562. The molecule has 0 aliphatic carbocycles. The van der Waals surface area contributed by atoms with Crippen LogP contribution in [0.4, 0.5) is 0 Å². The van der Waals surface area contributed by atoms with Crippen molar-refractivity contribution >= 4 is 5.91 Å². The van der Waals surface area contributed by atoms with Crippen molar-refractivity contribution in [3.05, 3.63) is 35.9 Å². The molecule has 1 aromatic rings. The first-order chi connectivity index (χ1) is 9.72. The van der Waals surface area contributed by atoms with Gasteiger partial charge in [-0.05, 0) is 37.7 Å². The summed E-state index contributed by atoms with van der Waals surface area (Å²) in [6, 6.07) is 9.87. The molecule has 0 spiro atoms. The number of fused-ring (bicyclic) bond motifs is 2. The Bertz CT molecular complexity index is 463. The first kappa shape index (κ1) is 13.6. The summed E-state index contributed by atoms with van der Waals surface area (Å²) < 4.78 is 5.74. The first-order valence-corrected chi connectivity index (χ1v) is 7.48. The molecule has 108 valence electrons. The number of rotatable bonds is 5. The van der Waals surface area contributed by atoms with Crippen molar-refractivity contribution in [1.82, 2.24) is 5.32 Å². The highest BCUT2D eigenvalue weighted by Gasteiger charge is 2.41. The molecule has 0 saturated carbocycles. The van der Waals surface area contributed by atoms with Gasteiger partial charge in [0, 0.05) is 0 Å². The van der Waals surface area contributed by atoms with Gasteiger partial charge in [0.1, 0.15) is 0 Å². The molecule has 3 unspecified atom stereocenters. The van der Waals surface area contributed by atoms with E-state index in [-0.39, 0.29) is 18.1 Å². The molecule has 2 aliphatic heterocycles. The second-order valence-corrected chi connectivity index (χ2v) is 5.86. The Morgan fingerprint density at radius 1 is 1.35 bits per heavy atom. The third-order valence-corrected chi connectivity index (χ3v) is 4.36. The van der Waals surface area contributed by atoms with E-state index in [4.69, 9.17) is 10.5 Å². The van der Waals surface area contributed by atoms with Gasteiger partial charge in [0.2, 0.25) is 5.91 Å². The van der Waals surface area contributed by atoms with E-state index in [0.717, 1.165) is 25.7 Å². The highest BCUT2D eigenvalue weighted by Crippen LogP contribution is 2.34. The average Bonchev–Trinajstić information content (AvgIpc) is 3.08. The summed E-state index contributed by atoms with van der Waals surface area (Å²) in [7, 11) is 0. The maximum atomic E-state index is 12.1. The fourth-order valence-electron chi connectivity index (χ4n) is 3.18. The lowest BCUT2D eigenvalue weighted by molar-refractivity contribution is -0.123. The van der Waals surface area contributed by atoms with Crippen LogP contribution in [-0.4, -0.2) is 30.2 Å². The van der Waals surface area contributed by atoms with Gasteiger partial charge < -0.3 is 15.8 Å². The highest BCUT2D eigenvalue weighted by molar-refractivity contribution is 5.81. The number of hydrogen-bond donors (Lipinski definition) is 2.